The molecule has 0 bridgehead atoms. The summed E-state index contributed by atoms with van der Waals surface area (Å²) in [6, 6.07) is 4.86. The Morgan fingerprint density at radius 3 is 2.76 bits per heavy atom. The third-order valence-electron chi connectivity index (χ3n) is 7.01. The van der Waals surface area contributed by atoms with Gasteiger partial charge in [-0.25, -0.2) is 4.79 Å². The lowest BCUT2D eigenvalue weighted by Gasteiger charge is -2.38. The highest BCUT2D eigenvalue weighted by molar-refractivity contribution is 5.92. The van der Waals surface area contributed by atoms with E-state index in [2.05, 4.69) is 25.8 Å². The van der Waals surface area contributed by atoms with Crippen LogP contribution in [0.2, 0.25) is 0 Å². The fraction of sp³-hybridized carbons (Fsp3) is 0.556. The zero-order valence-electron chi connectivity index (χ0n) is 22.4. The van der Waals surface area contributed by atoms with E-state index >= 15 is 0 Å². The number of carbonyl (C=O) groups excluding carboxylic acids is 2. The number of amides is 2. The zero-order valence-corrected chi connectivity index (χ0v) is 22.4. The average molecular weight is 528 g/mol. The fourth-order valence-electron chi connectivity index (χ4n) is 4.70. The molecule has 2 saturated carbocycles. The minimum Gasteiger partial charge on any atom is -0.507 e. The standard InChI is InChI=1S/C27H37N5O6/c1-16(2)28-14-20-22(33)11-19(36-4)12-23(20)37-15-25(34)29-24-13-21(31-32-24)17-6-7-18(10-17)38-26(35)30-27(3)8-5-9-27/h11-14,16-18,33H,5-10,15H2,1-4H3,(H,30,35)(H2,29,31,32,34)/t17?,18-/m1/s1. The minimum absolute atomic E-state index is 0.0242. The van der Waals surface area contributed by atoms with Crippen LogP contribution < -0.4 is 20.1 Å². The number of hydrogen-bond donors (Lipinski definition) is 4. The summed E-state index contributed by atoms with van der Waals surface area (Å²) in [7, 11) is 1.48. The van der Waals surface area contributed by atoms with Crippen molar-refractivity contribution < 1.29 is 28.9 Å². The van der Waals surface area contributed by atoms with Crippen LogP contribution in [0, 0.1) is 0 Å². The van der Waals surface area contributed by atoms with Crippen LogP contribution >= 0.6 is 0 Å². The van der Waals surface area contributed by atoms with Gasteiger partial charge in [0, 0.05) is 47.6 Å². The number of hydrogen-bond acceptors (Lipinski definition) is 8. The molecule has 2 aliphatic carbocycles. The van der Waals surface area contributed by atoms with Gasteiger partial charge in [-0.1, -0.05) is 0 Å². The number of aromatic hydroxyl groups is 1. The molecule has 11 nitrogen and oxygen atoms in total. The van der Waals surface area contributed by atoms with Gasteiger partial charge in [0.15, 0.2) is 12.4 Å². The fourth-order valence-corrected chi connectivity index (χ4v) is 4.70. The number of H-pyrrole nitrogens is 1. The minimum atomic E-state index is -0.411. The summed E-state index contributed by atoms with van der Waals surface area (Å²) >= 11 is 0. The van der Waals surface area contributed by atoms with Gasteiger partial charge in [0.05, 0.1) is 12.7 Å². The Balaban J connectivity index is 1.29. The number of phenols is 1. The Kier molecular flexibility index (Phi) is 8.43. The summed E-state index contributed by atoms with van der Waals surface area (Å²) in [4.78, 5) is 29.1. The topological polar surface area (TPSA) is 147 Å². The van der Waals surface area contributed by atoms with Gasteiger partial charge in [-0.05, 0) is 59.3 Å². The predicted molar refractivity (Wildman–Crippen MR) is 142 cm³/mol. The number of carbonyl (C=O) groups is 2. The number of methoxy groups -OCH3 is 1. The zero-order chi connectivity index (χ0) is 27.3. The number of benzene rings is 1. The first-order chi connectivity index (χ1) is 18.1. The van der Waals surface area contributed by atoms with Crippen molar-refractivity contribution in [1.29, 1.82) is 0 Å². The van der Waals surface area contributed by atoms with Crippen molar-refractivity contribution in [2.75, 3.05) is 19.0 Å². The van der Waals surface area contributed by atoms with Crippen molar-refractivity contribution in [3.63, 3.8) is 0 Å². The summed E-state index contributed by atoms with van der Waals surface area (Å²) < 4.78 is 16.5. The summed E-state index contributed by atoms with van der Waals surface area (Å²) in [5.74, 6) is 0.731. The third-order valence-corrected chi connectivity index (χ3v) is 7.01. The van der Waals surface area contributed by atoms with Crippen molar-refractivity contribution in [3.05, 3.63) is 29.5 Å². The van der Waals surface area contributed by atoms with Gasteiger partial charge >= 0.3 is 6.09 Å². The van der Waals surface area contributed by atoms with Crippen LogP contribution in [0.25, 0.3) is 0 Å². The van der Waals surface area contributed by atoms with Crippen LogP contribution in [0.4, 0.5) is 10.6 Å². The summed E-state index contributed by atoms with van der Waals surface area (Å²) in [5, 5.41) is 23.2. The quantitative estimate of drug-likeness (QED) is 0.337. The van der Waals surface area contributed by atoms with E-state index in [-0.39, 0.29) is 47.8 Å². The van der Waals surface area contributed by atoms with Crippen molar-refractivity contribution in [3.8, 4) is 17.2 Å². The number of nitrogens with one attached hydrogen (secondary N) is 3. The molecule has 2 aromatic rings. The molecule has 2 amide bonds. The highest BCUT2D eigenvalue weighted by atomic mass is 16.6. The molecule has 0 radical (unpaired) electrons. The third kappa shape index (κ3) is 6.96. The molecule has 0 spiro atoms. The molecule has 2 atom stereocenters. The Bertz CT molecular complexity index is 1170. The van der Waals surface area contributed by atoms with E-state index in [1.54, 1.807) is 12.1 Å². The Labute approximate surface area is 222 Å². The van der Waals surface area contributed by atoms with Gasteiger partial charge in [-0.3, -0.25) is 14.9 Å². The maximum Gasteiger partial charge on any atom is 0.407 e. The Morgan fingerprint density at radius 2 is 2.08 bits per heavy atom. The van der Waals surface area contributed by atoms with E-state index in [0.29, 0.717) is 23.6 Å². The van der Waals surface area contributed by atoms with Gasteiger partial charge in [0.2, 0.25) is 0 Å². The van der Waals surface area contributed by atoms with Gasteiger partial charge in [0.25, 0.3) is 5.91 Å². The van der Waals surface area contributed by atoms with E-state index in [1.807, 2.05) is 20.8 Å². The van der Waals surface area contributed by atoms with Crippen molar-refractivity contribution in [2.24, 2.45) is 4.99 Å². The number of nitrogens with zero attached hydrogens (tertiary/aromatic N) is 2. The second-order valence-corrected chi connectivity index (χ2v) is 10.6. The lowest BCUT2D eigenvalue weighted by molar-refractivity contribution is -0.118. The number of aromatic nitrogens is 2. The second kappa shape index (κ2) is 11.7. The van der Waals surface area contributed by atoms with Crippen LogP contribution in [0.1, 0.15) is 76.5 Å². The molecule has 206 valence electrons. The number of phenolic OH excluding ortho intramolecular Hbond substituents is 1. The SMILES string of the molecule is COc1cc(O)c(C=NC(C)C)c(OCC(=O)Nc2cc(C3CC[C@@H](OC(=O)NC4(C)CCC4)C3)[nH]n2)c1. The highest BCUT2D eigenvalue weighted by Gasteiger charge is 2.36. The molecule has 1 aromatic carbocycles. The highest BCUT2D eigenvalue weighted by Crippen LogP contribution is 2.37. The van der Waals surface area contributed by atoms with Crippen molar-refractivity contribution in [1.82, 2.24) is 15.5 Å². The molecule has 1 aromatic heterocycles. The first kappa shape index (κ1) is 27.3. The average Bonchev–Trinajstić information content (AvgIpc) is 3.50. The van der Waals surface area contributed by atoms with E-state index in [4.69, 9.17) is 14.2 Å². The van der Waals surface area contributed by atoms with Crippen LogP contribution in [0.15, 0.2) is 23.2 Å². The van der Waals surface area contributed by atoms with Crippen LogP contribution in [0.5, 0.6) is 17.2 Å². The van der Waals surface area contributed by atoms with Gasteiger partial charge in [-0.2, -0.15) is 5.10 Å². The van der Waals surface area contributed by atoms with Crippen LogP contribution in [-0.4, -0.2) is 64.9 Å². The van der Waals surface area contributed by atoms with Crippen LogP contribution in [-0.2, 0) is 9.53 Å². The van der Waals surface area contributed by atoms with E-state index < -0.39 is 5.91 Å². The lowest BCUT2D eigenvalue weighted by atomic mass is 9.79. The number of rotatable bonds is 10. The normalized spacial score (nSPS) is 20.2. The van der Waals surface area contributed by atoms with Gasteiger partial charge < -0.3 is 30.0 Å². The first-order valence-corrected chi connectivity index (χ1v) is 13.0. The molecule has 4 rings (SSSR count). The smallest absolute Gasteiger partial charge is 0.407 e. The molecule has 0 saturated heterocycles. The van der Waals surface area contributed by atoms with Gasteiger partial charge in [-0.15, -0.1) is 0 Å². The summed E-state index contributed by atoms with van der Waals surface area (Å²) in [6.45, 7) is 5.57. The predicted octanol–water partition coefficient (Wildman–Crippen LogP) is 4.27. The molecule has 4 N–H and O–H groups in total. The molecule has 0 aliphatic heterocycles. The number of alkyl carbamates (subject to hydrolysis) is 1. The number of aliphatic imine (C=N–C) groups is 1. The molecule has 1 heterocycles. The Hall–Kier alpha value is -3.76. The first-order valence-electron chi connectivity index (χ1n) is 13.0. The maximum atomic E-state index is 12.6. The molecule has 2 aliphatic rings. The molecule has 38 heavy (non-hydrogen) atoms. The molecule has 1 unspecified atom stereocenters. The summed E-state index contributed by atoms with van der Waals surface area (Å²) in [6.07, 6.45) is 6.45. The molecule has 11 heteroatoms. The van der Waals surface area contributed by atoms with Crippen molar-refractivity contribution in [2.45, 2.75) is 82.9 Å². The molecular formula is C27H37N5O6. The maximum absolute atomic E-state index is 12.6. The monoisotopic (exact) mass is 527 g/mol. The summed E-state index contributed by atoms with van der Waals surface area (Å²) in [5.41, 5.74) is 1.11. The molecule has 2 fully saturated rings. The van der Waals surface area contributed by atoms with Gasteiger partial charge in [0.1, 0.15) is 23.4 Å². The van der Waals surface area contributed by atoms with Crippen LogP contribution in [0.3, 0.4) is 0 Å². The lowest BCUT2D eigenvalue weighted by Crippen LogP contribution is -2.51. The van der Waals surface area contributed by atoms with Crippen molar-refractivity contribution >= 4 is 24.0 Å². The van der Waals surface area contributed by atoms with E-state index in [0.717, 1.165) is 37.8 Å². The van der Waals surface area contributed by atoms with E-state index in [1.165, 1.54) is 19.4 Å². The molecular weight excluding hydrogens is 490 g/mol. The number of ether oxygens (including phenoxy) is 3. The largest absolute Gasteiger partial charge is 0.507 e. The number of anilines is 1. The Morgan fingerprint density at radius 1 is 1.29 bits per heavy atom. The second-order valence-electron chi connectivity index (χ2n) is 10.6. The van der Waals surface area contributed by atoms with E-state index in [9.17, 15) is 14.7 Å². The number of aromatic amines is 1.